The Morgan fingerprint density at radius 1 is 1.30 bits per heavy atom. The Morgan fingerprint density at radius 2 is 2.10 bits per heavy atom. The maximum Gasteiger partial charge on any atom is 0.273 e. The predicted octanol–water partition coefficient (Wildman–Crippen LogP) is 2.66. The first-order chi connectivity index (χ1) is 9.65. The molecule has 1 aromatic carbocycles. The summed E-state index contributed by atoms with van der Waals surface area (Å²) in [6.07, 6.45) is 1.45. The first-order valence-corrected chi connectivity index (χ1v) is 5.51. The minimum Gasteiger partial charge on any atom is -0.493 e. The van der Waals surface area contributed by atoms with E-state index in [0.717, 1.165) is 0 Å². The molecule has 0 amide bonds. The maximum atomic E-state index is 10.8. The molecule has 7 nitrogen and oxygen atoms in total. The minimum absolute atomic E-state index is 0.0843. The number of aromatic nitrogens is 1. The first kappa shape index (κ1) is 13.3. The van der Waals surface area contributed by atoms with Gasteiger partial charge in [0.05, 0.1) is 18.1 Å². The Kier molecular flexibility index (Phi) is 3.77. The van der Waals surface area contributed by atoms with Crippen LogP contribution in [0.4, 0.5) is 5.69 Å². The van der Waals surface area contributed by atoms with Gasteiger partial charge in [0.1, 0.15) is 6.07 Å². The zero-order valence-corrected chi connectivity index (χ0v) is 10.4. The highest BCUT2D eigenvalue weighted by Crippen LogP contribution is 2.35. The SMILES string of the molecule is COc1ccc([N+](=O)[O-])cc1Oc1cccnc1C#N. The van der Waals surface area contributed by atoms with Gasteiger partial charge >= 0.3 is 0 Å². The van der Waals surface area contributed by atoms with Gasteiger partial charge in [-0.1, -0.05) is 0 Å². The first-order valence-electron chi connectivity index (χ1n) is 5.51. The summed E-state index contributed by atoms with van der Waals surface area (Å²) in [6, 6.07) is 8.98. The number of nitro groups is 1. The second kappa shape index (κ2) is 5.67. The van der Waals surface area contributed by atoms with E-state index in [9.17, 15) is 10.1 Å². The van der Waals surface area contributed by atoms with Crippen molar-refractivity contribution >= 4 is 5.69 Å². The molecule has 0 atom stereocenters. The summed E-state index contributed by atoms with van der Waals surface area (Å²) in [5.74, 6) is 0.670. The molecule has 2 rings (SSSR count). The summed E-state index contributed by atoms with van der Waals surface area (Å²) < 4.78 is 10.6. The van der Waals surface area contributed by atoms with Crippen LogP contribution in [0.3, 0.4) is 0 Å². The number of non-ortho nitro benzene ring substituents is 1. The third kappa shape index (κ3) is 2.64. The fraction of sp³-hybridized carbons (Fsp3) is 0.0769. The topological polar surface area (TPSA) is 98.3 Å². The van der Waals surface area contributed by atoms with Gasteiger partial charge in [-0.25, -0.2) is 4.98 Å². The van der Waals surface area contributed by atoms with Crippen LogP contribution in [0.2, 0.25) is 0 Å². The Labute approximate surface area is 114 Å². The molecule has 0 N–H and O–H groups in total. The highest BCUT2D eigenvalue weighted by atomic mass is 16.6. The lowest BCUT2D eigenvalue weighted by atomic mass is 10.2. The third-order valence-electron chi connectivity index (χ3n) is 2.45. The molecule has 0 aliphatic heterocycles. The van der Waals surface area contributed by atoms with Crippen molar-refractivity contribution in [1.29, 1.82) is 5.26 Å². The number of nitro benzene ring substituents is 1. The molecule has 0 spiro atoms. The number of benzene rings is 1. The lowest BCUT2D eigenvalue weighted by molar-refractivity contribution is -0.384. The van der Waals surface area contributed by atoms with E-state index in [-0.39, 0.29) is 22.9 Å². The molecule has 1 heterocycles. The Morgan fingerprint density at radius 3 is 2.75 bits per heavy atom. The van der Waals surface area contributed by atoms with E-state index in [1.165, 1.54) is 31.5 Å². The molecule has 0 radical (unpaired) electrons. The fourth-order valence-corrected chi connectivity index (χ4v) is 1.53. The van der Waals surface area contributed by atoms with E-state index in [2.05, 4.69) is 4.98 Å². The third-order valence-corrected chi connectivity index (χ3v) is 2.45. The number of rotatable bonds is 4. The van der Waals surface area contributed by atoms with Crippen molar-refractivity contribution in [3.05, 3.63) is 52.3 Å². The summed E-state index contributed by atoms with van der Waals surface area (Å²) in [6.45, 7) is 0. The largest absolute Gasteiger partial charge is 0.493 e. The van der Waals surface area contributed by atoms with Crippen LogP contribution in [0.5, 0.6) is 17.2 Å². The van der Waals surface area contributed by atoms with Gasteiger partial charge in [-0.3, -0.25) is 10.1 Å². The van der Waals surface area contributed by atoms with E-state index < -0.39 is 4.92 Å². The van der Waals surface area contributed by atoms with Crippen LogP contribution in [0.1, 0.15) is 5.69 Å². The summed E-state index contributed by atoms with van der Waals surface area (Å²) in [4.78, 5) is 14.1. The minimum atomic E-state index is -0.541. The summed E-state index contributed by atoms with van der Waals surface area (Å²) >= 11 is 0. The van der Waals surface area contributed by atoms with E-state index >= 15 is 0 Å². The Balaban J connectivity index is 2.44. The zero-order valence-electron chi connectivity index (χ0n) is 10.4. The molecule has 100 valence electrons. The summed E-state index contributed by atoms with van der Waals surface area (Å²) in [7, 11) is 1.42. The van der Waals surface area contributed by atoms with Gasteiger partial charge in [0.2, 0.25) is 0 Å². The van der Waals surface area contributed by atoms with Crippen molar-refractivity contribution in [2.24, 2.45) is 0 Å². The molecule has 0 saturated heterocycles. The van der Waals surface area contributed by atoms with Crippen molar-refractivity contribution in [3.63, 3.8) is 0 Å². The highest BCUT2D eigenvalue weighted by molar-refractivity contribution is 5.51. The molecule has 20 heavy (non-hydrogen) atoms. The predicted molar refractivity (Wildman–Crippen MR) is 68.7 cm³/mol. The molecule has 0 fully saturated rings. The molecule has 0 aliphatic rings. The van der Waals surface area contributed by atoms with Crippen LogP contribution < -0.4 is 9.47 Å². The second-order valence-electron chi connectivity index (χ2n) is 3.66. The molecular weight excluding hydrogens is 262 g/mol. The fourth-order valence-electron chi connectivity index (χ4n) is 1.53. The van der Waals surface area contributed by atoms with E-state index in [0.29, 0.717) is 5.75 Å². The molecule has 0 bridgehead atoms. The van der Waals surface area contributed by atoms with E-state index in [1.807, 2.05) is 6.07 Å². The number of nitriles is 1. The molecule has 0 saturated carbocycles. The van der Waals surface area contributed by atoms with Crippen LogP contribution in [0.25, 0.3) is 0 Å². The standard InChI is InChI=1S/C13H9N3O4/c1-19-12-5-4-9(16(17)18)7-13(12)20-11-3-2-6-15-10(11)8-14/h2-7H,1H3. The van der Waals surface area contributed by atoms with Crippen molar-refractivity contribution in [2.45, 2.75) is 0 Å². The number of nitrogens with zero attached hydrogens (tertiary/aromatic N) is 3. The number of methoxy groups -OCH3 is 1. The molecule has 0 aliphatic carbocycles. The van der Waals surface area contributed by atoms with Crippen molar-refractivity contribution in [3.8, 4) is 23.3 Å². The molecule has 2 aromatic rings. The van der Waals surface area contributed by atoms with Gasteiger partial charge < -0.3 is 9.47 Å². The van der Waals surface area contributed by atoms with Gasteiger partial charge in [0, 0.05) is 12.3 Å². The summed E-state index contributed by atoms with van der Waals surface area (Å²) in [5.41, 5.74) is -0.0516. The normalized spacial score (nSPS) is 9.60. The lowest BCUT2D eigenvalue weighted by Gasteiger charge is -2.10. The van der Waals surface area contributed by atoms with Crippen LogP contribution in [0, 0.1) is 21.4 Å². The van der Waals surface area contributed by atoms with Crippen LogP contribution in [-0.2, 0) is 0 Å². The van der Waals surface area contributed by atoms with Crippen LogP contribution >= 0.6 is 0 Å². The molecule has 7 heteroatoms. The highest BCUT2D eigenvalue weighted by Gasteiger charge is 2.14. The number of hydrogen-bond acceptors (Lipinski definition) is 6. The number of pyridine rings is 1. The van der Waals surface area contributed by atoms with Crippen molar-refractivity contribution in [1.82, 2.24) is 4.98 Å². The van der Waals surface area contributed by atoms with Crippen LogP contribution in [0.15, 0.2) is 36.5 Å². The van der Waals surface area contributed by atoms with Gasteiger partial charge in [0.15, 0.2) is 22.9 Å². The molecular formula is C13H9N3O4. The average molecular weight is 271 g/mol. The van der Waals surface area contributed by atoms with E-state index in [4.69, 9.17) is 14.7 Å². The molecule has 1 aromatic heterocycles. The molecule has 0 unspecified atom stereocenters. The number of hydrogen-bond donors (Lipinski definition) is 0. The second-order valence-corrected chi connectivity index (χ2v) is 3.66. The Hall–Kier alpha value is -3.14. The smallest absolute Gasteiger partial charge is 0.273 e. The van der Waals surface area contributed by atoms with Crippen molar-refractivity contribution in [2.75, 3.05) is 7.11 Å². The number of ether oxygens (including phenoxy) is 2. The quantitative estimate of drug-likeness (QED) is 0.626. The van der Waals surface area contributed by atoms with Gasteiger partial charge in [-0.05, 0) is 18.2 Å². The van der Waals surface area contributed by atoms with Gasteiger partial charge in [-0.15, -0.1) is 0 Å². The van der Waals surface area contributed by atoms with Crippen molar-refractivity contribution < 1.29 is 14.4 Å². The Bertz CT molecular complexity index is 694. The lowest BCUT2D eigenvalue weighted by Crippen LogP contribution is -1.95. The van der Waals surface area contributed by atoms with Gasteiger partial charge in [0.25, 0.3) is 5.69 Å². The summed E-state index contributed by atoms with van der Waals surface area (Å²) in [5, 5.41) is 19.7. The van der Waals surface area contributed by atoms with Gasteiger partial charge in [-0.2, -0.15) is 5.26 Å². The zero-order chi connectivity index (χ0) is 14.5. The monoisotopic (exact) mass is 271 g/mol. The van der Waals surface area contributed by atoms with E-state index in [1.54, 1.807) is 12.1 Å². The average Bonchev–Trinajstić information content (AvgIpc) is 2.47. The maximum absolute atomic E-state index is 10.8. The van der Waals surface area contributed by atoms with Crippen LogP contribution in [-0.4, -0.2) is 17.0 Å².